The molecule has 1 rings (SSSR count). The summed E-state index contributed by atoms with van der Waals surface area (Å²) < 4.78 is 9.96. The second-order valence-electron chi connectivity index (χ2n) is 4.14. The molecule has 1 atom stereocenters. The van der Waals surface area contributed by atoms with Gasteiger partial charge in [-0.05, 0) is 19.1 Å². The Kier molecular flexibility index (Phi) is 6.55. The average Bonchev–Trinajstić information content (AvgIpc) is 2.52. The van der Waals surface area contributed by atoms with Gasteiger partial charge in [0.15, 0.2) is 19.0 Å². The molecule has 0 spiro atoms. The molecule has 0 unspecified atom stereocenters. The molecule has 8 nitrogen and oxygen atoms in total. The van der Waals surface area contributed by atoms with Crippen LogP contribution in [-0.2, 0) is 14.3 Å². The van der Waals surface area contributed by atoms with E-state index >= 15 is 0 Å². The van der Waals surface area contributed by atoms with Crippen LogP contribution < -0.4 is 15.4 Å². The van der Waals surface area contributed by atoms with Gasteiger partial charge in [-0.25, -0.2) is 9.59 Å². The molecule has 0 saturated heterocycles. The number of amides is 3. The number of ether oxygens (including phenoxy) is 2. The van der Waals surface area contributed by atoms with Gasteiger partial charge in [-0.15, -0.1) is 0 Å². The minimum atomic E-state index is -1.16. The molecule has 0 bridgehead atoms. The monoisotopic (exact) mass is 308 g/mol. The van der Waals surface area contributed by atoms with Crippen LogP contribution in [0.25, 0.3) is 0 Å². The van der Waals surface area contributed by atoms with Crippen LogP contribution >= 0.6 is 0 Å². The molecule has 0 aromatic heterocycles. The van der Waals surface area contributed by atoms with Crippen LogP contribution in [0.15, 0.2) is 24.3 Å². The zero-order chi connectivity index (χ0) is 16.5. The summed E-state index contributed by atoms with van der Waals surface area (Å²) in [6, 6.07) is 5.66. The maximum absolute atomic E-state index is 11.6. The summed E-state index contributed by atoms with van der Waals surface area (Å²) in [5.41, 5.74) is 0.292. The fraction of sp³-hybridized carbons (Fsp3) is 0.286. The van der Waals surface area contributed by atoms with Crippen molar-refractivity contribution in [2.24, 2.45) is 0 Å². The van der Waals surface area contributed by atoms with Crippen molar-refractivity contribution >= 4 is 24.2 Å². The summed E-state index contributed by atoms with van der Waals surface area (Å²) in [6.45, 7) is 0.845. The van der Waals surface area contributed by atoms with E-state index in [2.05, 4.69) is 5.32 Å². The Morgan fingerprint density at radius 1 is 1.27 bits per heavy atom. The third-order valence-corrected chi connectivity index (χ3v) is 2.53. The van der Waals surface area contributed by atoms with Crippen molar-refractivity contribution in [2.45, 2.75) is 13.0 Å². The van der Waals surface area contributed by atoms with Crippen LogP contribution in [0, 0.1) is 0 Å². The molecule has 1 aromatic carbocycles. The number of esters is 1. The number of aldehydes is 1. The van der Waals surface area contributed by atoms with Gasteiger partial charge in [0.05, 0.1) is 5.56 Å². The SMILES string of the molecule is CNC(=O)NC(=O)[C@@H](C)OC(=O)COc1ccccc1C=O. The zero-order valence-electron chi connectivity index (χ0n) is 12.1. The highest BCUT2D eigenvalue weighted by molar-refractivity contribution is 5.97. The highest BCUT2D eigenvalue weighted by Crippen LogP contribution is 2.15. The maximum Gasteiger partial charge on any atom is 0.344 e. The topological polar surface area (TPSA) is 111 Å². The molecule has 0 radical (unpaired) electrons. The number of benzene rings is 1. The number of carbonyl (C=O) groups excluding carboxylic acids is 4. The first kappa shape index (κ1) is 17.2. The van der Waals surface area contributed by atoms with Crippen LogP contribution in [0.3, 0.4) is 0 Å². The summed E-state index contributed by atoms with van der Waals surface area (Å²) in [6.07, 6.45) is -0.560. The van der Waals surface area contributed by atoms with Crippen molar-refractivity contribution in [1.29, 1.82) is 0 Å². The molecule has 22 heavy (non-hydrogen) atoms. The molecule has 2 N–H and O–H groups in total. The van der Waals surface area contributed by atoms with E-state index in [-0.39, 0.29) is 5.75 Å². The Labute approximate surface area is 126 Å². The number of hydrogen-bond donors (Lipinski definition) is 2. The summed E-state index contributed by atoms with van der Waals surface area (Å²) in [4.78, 5) is 44.8. The van der Waals surface area contributed by atoms with Gasteiger partial charge in [0.25, 0.3) is 5.91 Å². The van der Waals surface area contributed by atoms with Gasteiger partial charge >= 0.3 is 12.0 Å². The predicted octanol–water partition coefficient (Wildman–Crippen LogP) is 0.265. The van der Waals surface area contributed by atoms with E-state index in [1.54, 1.807) is 12.1 Å². The third-order valence-electron chi connectivity index (χ3n) is 2.53. The molecular formula is C14H16N2O6. The largest absolute Gasteiger partial charge is 0.481 e. The molecule has 0 saturated carbocycles. The Bertz CT molecular complexity index is 572. The highest BCUT2D eigenvalue weighted by Gasteiger charge is 2.19. The molecule has 118 valence electrons. The molecule has 0 aliphatic heterocycles. The van der Waals surface area contributed by atoms with E-state index < -0.39 is 30.6 Å². The lowest BCUT2D eigenvalue weighted by molar-refractivity contribution is -0.156. The normalized spacial score (nSPS) is 11.0. The molecule has 0 heterocycles. The van der Waals surface area contributed by atoms with Crippen LogP contribution in [-0.4, -0.2) is 44.0 Å². The quantitative estimate of drug-likeness (QED) is 0.576. The van der Waals surface area contributed by atoms with E-state index in [0.717, 1.165) is 0 Å². The van der Waals surface area contributed by atoms with Crippen molar-refractivity contribution in [3.8, 4) is 5.75 Å². The van der Waals surface area contributed by atoms with E-state index in [0.29, 0.717) is 11.8 Å². The first-order valence-electron chi connectivity index (χ1n) is 6.37. The van der Waals surface area contributed by atoms with E-state index in [1.165, 1.54) is 26.1 Å². The standard InChI is InChI=1S/C14H16N2O6/c1-9(13(19)16-14(20)15-2)22-12(18)8-21-11-6-4-3-5-10(11)7-17/h3-7,9H,8H2,1-2H3,(H2,15,16,19,20)/t9-/m1/s1. The van der Waals surface area contributed by atoms with Crippen molar-refractivity contribution < 1.29 is 28.7 Å². The van der Waals surface area contributed by atoms with Crippen LogP contribution in [0.1, 0.15) is 17.3 Å². The molecule has 0 aliphatic rings. The fourth-order valence-corrected chi connectivity index (χ4v) is 1.41. The smallest absolute Gasteiger partial charge is 0.344 e. The molecule has 0 fully saturated rings. The van der Waals surface area contributed by atoms with Crippen molar-refractivity contribution in [3.63, 3.8) is 0 Å². The number of hydrogen-bond acceptors (Lipinski definition) is 6. The minimum absolute atomic E-state index is 0.233. The van der Waals surface area contributed by atoms with Crippen LogP contribution in [0.2, 0.25) is 0 Å². The number of nitrogens with one attached hydrogen (secondary N) is 2. The summed E-state index contributed by atoms with van der Waals surface area (Å²) in [5, 5.41) is 4.17. The molecule has 0 aliphatic carbocycles. The Morgan fingerprint density at radius 2 is 1.95 bits per heavy atom. The summed E-state index contributed by atoms with van der Waals surface area (Å²) in [7, 11) is 1.34. The van der Waals surface area contributed by atoms with E-state index in [9.17, 15) is 19.2 Å². The van der Waals surface area contributed by atoms with Gasteiger partial charge in [-0.2, -0.15) is 0 Å². The number of rotatable bonds is 6. The van der Waals surface area contributed by atoms with Gasteiger partial charge in [0, 0.05) is 7.05 Å². The second kappa shape index (κ2) is 8.40. The molecule has 3 amide bonds. The lowest BCUT2D eigenvalue weighted by Gasteiger charge is -2.13. The van der Waals surface area contributed by atoms with Crippen molar-refractivity contribution in [1.82, 2.24) is 10.6 Å². The average molecular weight is 308 g/mol. The number of urea groups is 1. The Balaban J connectivity index is 2.47. The first-order chi connectivity index (χ1) is 10.5. The molecular weight excluding hydrogens is 292 g/mol. The van der Waals surface area contributed by atoms with Crippen molar-refractivity contribution in [2.75, 3.05) is 13.7 Å². The van der Waals surface area contributed by atoms with Gasteiger partial charge < -0.3 is 14.8 Å². The Morgan fingerprint density at radius 3 is 2.59 bits per heavy atom. The summed E-state index contributed by atoms with van der Waals surface area (Å²) >= 11 is 0. The second-order valence-corrected chi connectivity index (χ2v) is 4.14. The van der Waals surface area contributed by atoms with Gasteiger partial charge in [0.2, 0.25) is 0 Å². The highest BCUT2D eigenvalue weighted by atomic mass is 16.6. The third kappa shape index (κ3) is 5.23. The van der Waals surface area contributed by atoms with Crippen molar-refractivity contribution in [3.05, 3.63) is 29.8 Å². The summed E-state index contributed by atoms with van der Waals surface area (Å²) in [5.74, 6) is -1.34. The fourth-order valence-electron chi connectivity index (χ4n) is 1.41. The molecule has 8 heteroatoms. The van der Waals surface area contributed by atoms with E-state index in [4.69, 9.17) is 9.47 Å². The molecule has 1 aromatic rings. The zero-order valence-corrected chi connectivity index (χ0v) is 12.1. The number of carbonyl (C=O) groups is 4. The van der Waals surface area contributed by atoms with Crippen LogP contribution in [0.4, 0.5) is 4.79 Å². The number of para-hydroxylation sites is 1. The Hall–Kier alpha value is -2.90. The lowest BCUT2D eigenvalue weighted by Crippen LogP contribution is -2.43. The van der Waals surface area contributed by atoms with Gasteiger partial charge in [0.1, 0.15) is 5.75 Å². The van der Waals surface area contributed by atoms with Gasteiger partial charge in [-0.1, -0.05) is 12.1 Å². The van der Waals surface area contributed by atoms with Crippen LogP contribution in [0.5, 0.6) is 5.75 Å². The lowest BCUT2D eigenvalue weighted by atomic mass is 10.2. The van der Waals surface area contributed by atoms with Gasteiger partial charge in [-0.3, -0.25) is 14.9 Å². The predicted molar refractivity (Wildman–Crippen MR) is 75.5 cm³/mol. The maximum atomic E-state index is 11.6. The minimum Gasteiger partial charge on any atom is -0.481 e. The first-order valence-corrected chi connectivity index (χ1v) is 6.37. The van der Waals surface area contributed by atoms with E-state index in [1.807, 2.05) is 5.32 Å². The number of imide groups is 1.